The van der Waals surface area contributed by atoms with Crippen LogP contribution in [-0.4, -0.2) is 30.5 Å². The summed E-state index contributed by atoms with van der Waals surface area (Å²) >= 11 is 1.67. The van der Waals surface area contributed by atoms with Gasteiger partial charge < -0.3 is 14.8 Å². The minimum Gasteiger partial charge on any atom is -0.496 e. The first-order valence-corrected chi connectivity index (χ1v) is 7.58. The van der Waals surface area contributed by atoms with Crippen molar-refractivity contribution in [3.63, 3.8) is 0 Å². The Morgan fingerprint density at radius 2 is 2.15 bits per heavy atom. The van der Waals surface area contributed by atoms with E-state index in [-0.39, 0.29) is 6.04 Å². The summed E-state index contributed by atoms with van der Waals surface area (Å²) in [5.41, 5.74) is 1.06. The van der Waals surface area contributed by atoms with Crippen LogP contribution in [0.3, 0.4) is 0 Å². The molecule has 2 rings (SSSR count). The van der Waals surface area contributed by atoms with E-state index in [2.05, 4.69) is 30.3 Å². The van der Waals surface area contributed by atoms with Gasteiger partial charge in [-0.3, -0.25) is 4.68 Å². The predicted octanol–water partition coefficient (Wildman–Crippen LogP) is 2.68. The molecule has 0 saturated carbocycles. The van der Waals surface area contributed by atoms with Crippen molar-refractivity contribution in [3.05, 3.63) is 28.2 Å². The number of ether oxygens (including phenoxy) is 2. The number of nitrogens with zero attached hydrogens (tertiary/aromatic N) is 2. The van der Waals surface area contributed by atoms with Gasteiger partial charge in [-0.2, -0.15) is 5.10 Å². The average Bonchev–Trinajstić information content (AvgIpc) is 3.10. The topological polar surface area (TPSA) is 48.3 Å². The molecule has 0 aliphatic rings. The Morgan fingerprint density at radius 1 is 1.35 bits per heavy atom. The first-order valence-electron chi connectivity index (χ1n) is 6.70. The molecule has 6 heteroatoms. The Bertz CT molecular complexity index is 529. The highest BCUT2D eigenvalue weighted by molar-refractivity contribution is 7.10. The van der Waals surface area contributed by atoms with Crippen molar-refractivity contribution in [1.82, 2.24) is 15.1 Å². The van der Waals surface area contributed by atoms with E-state index in [1.165, 1.54) is 4.88 Å². The maximum absolute atomic E-state index is 5.46. The van der Waals surface area contributed by atoms with Gasteiger partial charge in [0.25, 0.3) is 0 Å². The highest BCUT2D eigenvalue weighted by Gasteiger charge is 2.24. The first-order chi connectivity index (χ1) is 9.74. The Kier molecular flexibility index (Phi) is 5.03. The van der Waals surface area contributed by atoms with Gasteiger partial charge in [0.15, 0.2) is 5.75 Å². The molecule has 0 aliphatic carbocycles. The molecule has 1 unspecified atom stereocenters. The molecule has 0 spiro atoms. The van der Waals surface area contributed by atoms with E-state index in [1.54, 1.807) is 31.8 Å². The molecule has 20 heavy (non-hydrogen) atoms. The molecular weight excluding hydrogens is 274 g/mol. The van der Waals surface area contributed by atoms with Crippen molar-refractivity contribution in [1.29, 1.82) is 0 Å². The smallest absolute Gasteiger partial charge is 0.161 e. The van der Waals surface area contributed by atoms with Gasteiger partial charge in [-0.05, 0) is 19.5 Å². The third-order valence-electron chi connectivity index (χ3n) is 3.16. The van der Waals surface area contributed by atoms with Gasteiger partial charge in [-0.1, -0.05) is 6.92 Å². The van der Waals surface area contributed by atoms with Crippen LogP contribution >= 0.6 is 11.3 Å². The molecule has 2 aromatic rings. The van der Waals surface area contributed by atoms with Gasteiger partial charge in [0, 0.05) is 16.8 Å². The van der Waals surface area contributed by atoms with Crippen LogP contribution in [0.5, 0.6) is 11.5 Å². The van der Waals surface area contributed by atoms with E-state index in [0.29, 0.717) is 0 Å². The lowest BCUT2D eigenvalue weighted by Crippen LogP contribution is -2.24. The first kappa shape index (κ1) is 14.9. The zero-order chi connectivity index (χ0) is 14.5. The monoisotopic (exact) mass is 295 g/mol. The van der Waals surface area contributed by atoms with E-state index < -0.39 is 0 Å². The maximum Gasteiger partial charge on any atom is 0.161 e. The average molecular weight is 295 g/mol. The van der Waals surface area contributed by atoms with Crippen LogP contribution in [-0.2, 0) is 6.54 Å². The molecule has 0 fully saturated rings. The summed E-state index contributed by atoms with van der Waals surface area (Å²) in [5.74, 6) is 1.69. The second-order valence-electron chi connectivity index (χ2n) is 4.29. The van der Waals surface area contributed by atoms with E-state index in [1.807, 2.05) is 10.1 Å². The molecule has 0 amide bonds. The number of nitrogens with one attached hydrogen (secondary N) is 1. The lowest BCUT2D eigenvalue weighted by atomic mass is 10.1. The highest BCUT2D eigenvalue weighted by atomic mass is 32.1. The number of methoxy groups -OCH3 is 2. The molecule has 2 heterocycles. The number of hydrogen-bond acceptors (Lipinski definition) is 5. The van der Waals surface area contributed by atoms with Crippen molar-refractivity contribution in [2.45, 2.75) is 26.4 Å². The van der Waals surface area contributed by atoms with Gasteiger partial charge in [0.2, 0.25) is 0 Å². The number of hydrogen-bond donors (Lipinski definition) is 1. The van der Waals surface area contributed by atoms with Gasteiger partial charge in [0.05, 0.1) is 26.5 Å². The van der Waals surface area contributed by atoms with Crippen LogP contribution in [0, 0.1) is 0 Å². The second kappa shape index (κ2) is 6.76. The Hall–Kier alpha value is -1.53. The predicted molar refractivity (Wildman–Crippen MR) is 80.8 cm³/mol. The number of rotatable bonds is 7. The zero-order valence-electron chi connectivity index (χ0n) is 12.3. The van der Waals surface area contributed by atoms with Gasteiger partial charge in [-0.15, -0.1) is 11.3 Å². The summed E-state index contributed by atoms with van der Waals surface area (Å²) in [7, 11) is 3.36. The second-order valence-corrected chi connectivity index (χ2v) is 5.24. The molecule has 0 bridgehead atoms. The van der Waals surface area contributed by atoms with Crippen LogP contribution in [0.1, 0.15) is 30.5 Å². The van der Waals surface area contributed by atoms with Crippen LogP contribution in [0.2, 0.25) is 0 Å². The summed E-state index contributed by atoms with van der Waals surface area (Å²) in [6.07, 6.45) is 1.77. The van der Waals surface area contributed by atoms with Crippen LogP contribution in [0.4, 0.5) is 0 Å². The normalized spacial score (nSPS) is 12.4. The Morgan fingerprint density at radius 3 is 2.70 bits per heavy atom. The van der Waals surface area contributed by atoms with Crippen molar-refractivity contribution in [2.75, 3.05) is 20.8 Å². The standard InChI is InChI=1S/C14H21N3O2S/c1-5-15-13(12-7-10(18-3)9-20-12)14-11(19-4)8-16-17(14)6-2/h7-9,13,15H,5-6H2,1-4H3. The van der Waals surface area contributed by atoms with Gasteiger partial charge >= 0.3 is 0 Å². The zero-order valence-corrected chi connectivity index (χ0v) is 13.2. The third-order valence-corrected chi connectivity index (χ3v) is 4.14. The van der Waals surface area contributed by atoms with Gasteiger partial charge in [0.1, 0.15) is 11.4 Å². The van der Waals surface area contributed by atoms with Crippen molar-refractivity contribution in [3.8, 4) is 11.5 Å². The lowest BCUT2D eigenvalue weighted by molar-refractivity contribution is 0.399. The Labute approximate surface area is 123 Å². The fourth-order valence-electron chi connectivity index (χ4n) is 2.21. The summed E-state index contributed by atoms with van der Waals surface area (Å²) in [6, 6.07) is 2.12. The van der Waals surface area contributed by atoms with Crippen LogP contribution < -0.4 is 14.8 Å². The van der Waals surface area contributed by atoms with E-state index in [9.17, 15) is 0 Å². The highest BCUT2D eigenvalue weighted by Crippen LogP contribution is 2.35. The molecule has 0 radical (unpaired) electrons. The molecular formula is C14H21N3O2S. The van der Waals surface area contributed by atoms with E-state index in [0.717, 1.165) is 30.3 Å². The quantitative estimate of drug-likeness (QED) is 0.853. The molecule has 0 saturated heterocycles. The maximum atomic E-state index is 5.46. The fraction of sp³-hybridized carbons (Fsp3) is 0.500. The molecule has 5 nitrogen and oxygen atoms in total. The van der Waals surface area contributed by atoms with Crippen LogP contribution in [0.15, 0.2) is 17.6 Å². The molecule has 1 atom stereocenters. The minimum absolute atomic E-state index is 0.0614. The largest absolute Gasteiger partial charge is 0.496 e. The number of aryl methyl sites for hydroxylation is 1. The third kappa shape index (κ3) is 2.81. The SMILES string of the molecule is CCNC(c1cc(OC)cs1)c1c(OC)cnn1CC. The van der Waals surface area contributed by atoms with Crippen molar-refractivity contribution < 1.29 is 9.47 Å². The van der Waals surface area contributed by atoms with E-state index >= 15 is 0 Å². The Balaban J connectivity index is 2.44. The number of thiophene rings is 1. The molecule has 1 N–H and O–H groups in total. The molecule has 2 aromatic heterocycles. The van der Waals surface area contributed by atoms with Crippen LogP contribution in [0.25, 0.3) is 0 Å². The molecule has 0 aliphatic heterocycles. The lowest BCUT2D eigenvalue weighted by Gasteiger charge is -2.19. The van der Waals surface area contributed by atoms with Crippen molar-refractivity contribution in [2.24, 2.45) is 0 Å². The van der Waals surface area contributed by atoms with Gasteiger partial charge in [-0.25, -0.2) is 0 Å². The molecule has 110 valence electrons. The summed E-state index contributed by atoms with van der Waals surface area (Å²) in [6.45, 7) is 5.84. The van der Waals surface area contributed by atoms with E-state index in [4.69, 9.17) is 9.47 Å². The number of aromatic nitrogens is 2. The summed E-state index contributed by atoms with van der Waals surface area (Å²) < 4.78 is 12.7. The fourth-order valence-corrected chi connectivity index (χ4v) is 3.14. The van der Waals surface area contributed by atoms with Crippen molar-refractivity contribution >= 4 is 11.3 Å². The minimum atomic E-state index is 0.0614. The summed E-state index contributed by atoms with van der Waals surface area (Å²) in [5, 5.41) is 9.90. The summed E-state index contributed by atoms with van der Waals surface area (Å²) in [4.78, 5) is 1.19. The molecule has 0 aromatic carbocycles.